The van der Waals surface area contributed by atoms with Crippen LogP contribution in [0.3, 0.4) is 0 Å². The SMILES string of the molecule is CNC(=O)C1CCCN1c1ccc(N)c(C(=O)O)c1. The minimum absolute atomic E-state index is 0.0498. The fraction of sp³-hybridized carbons (Fsp3) is 0.385. The summed E-state index contributed by atoms with van der Waals surface area (Å²) in [6.07, 6.45) is 1.68. The first-order chi connectivity index (χ1) is 9.04. The van der Waals surface area contributed by atoms with Gasteiger partial charge in [-0.25, -0.2) is 4.79 Å². The number of likely N-dealkylation sites (N-methyl/N-ethyl adjacent to an activating group) is 1. The van der Waals surface area contributed by atoms with Gasteiger partial charge >= 0.3 is 5.97 Å². The van der Waals surface area contributed by atoms with E-state index in [0.717, 1.165) is 25.1 Å². The van der Waals surface area contributed by atoms with Gasteiger partial charge in [0, 0.05) is 25.0 Å². The molecule has 1 heterocycles. The van der Waals surface area contributed by atoms with Crippen molar-refractivity contribution < 1.29 is 14.7 Å². The number of amides is 1. The van der Waals surface area contributed by atoms with Gasteiger partial charge in [-0.2, -0.15) is 0 Å². The Balaban J connectivity index is 2.33. The van der Waals surface area contributed by atoms with Crippen molar-refractivity contribution in [2.75, 3.05) is 24.2 Å². The predicted octanol–water partition coefficient (Wildman–Crippen LogP) is 0.682. The van der Waals surface area contributed by atoms with E-state index in [9.17, 15) is 9.59 Å². The third-order valence-corrected chi connectivity index (χ3v) is 3.40. The molecule has 19 heavy (non-hydrogen) atoms. The van der Waals surface area contributed by atoms with E-state index in [1.54, 1.807) is 19.2 Å². The summed E-state index contributed by atoms with van der Waals surface area (Å²) in [5, 5.41) is 11.7. The van der Waals surface area contributed by atoms with Crippen LogP contribution < -0.4 is 16.0 Å². The number of hydrogen-bond donors (Lipinski definition) is 3. The topological polar surface area (TPSA) is 95.7 Å². The highest BCUT2D eigenvalue weighted by molar-refractivity contribution is 5.95. The number of aromatic carboxylic acids is 1. The van der Waals surface area contributed by atoms with Gasteiger partial charge in [0.25, 0.3) is 0 Å². The Bertz CT molecular complexity index is 516. The molecule has 6 nitrogen and oxygen atoms in total. The fourth-order valence-electron chi connectivity index (χ4n) is 2.42. The number of hydrogen-bond acceptors (Lipinski definition) is 4. The van der Waals surface area contributed by atoms with Gasteiger partial charge in [-0.05, 0) is 31.0 Å². The molecule has 1 aliphatic rings. The second kappa shape index (κ2) is 5.17. The quantitative estimate of drug-likeness (QED) is 0.697. The predicted molar refractivity (Wildman–Crippen MR) is 72.2 cm³/mol. The van der Waals surface area contributed by atoms with E-state index in [0.29, 0.717) is 0 Å². The third kappa shape index (κ3) is 2.47. The Morgan fingerprint density at radius 3 is 2.84 bits per heavy atom. The normalized spacial score (nSPS) is 18.4. The molecule has 1 atom stereocenters. The number of carbonyl (C=O) groups is 2. The van der Waals surface area contributed by atoms with Gasteiger partial charge in [0.15, 0.2) is 0 Å². The zero-order valence-corrected chi connectivity index (χ0v) is 10.7. The van der Waals surface area contributed by atoms with E-state index < -0.39 is 5.97 Å². The summed E-state index contributed by atoms with van der Waals surface area (Å²) in [6.45, 7) is 0.737. The van der Waals surface area contributed by atoms with Gasteiger partial charge in [0.05, 0.1) is 5.56 Å². The van der Waals surface area contributed by atoms with E-state index in [4.69, 9.17) is 10.8 Å². The van der Waals surface area contributed by atoms with Crippen LogP contribution in [0.5, 0.6) is 0 Å². The molecule has 1 aromatic carbocycles. The molecule has 1 amide bonds. The number of anilines is 2. The van der Waals surface area contributed by atoms with Crippen molar-refractivity contribution >= 4 is 23.3 Å². The van der Waals surface area contributed by atoms with Crippen molar-refractivity contribution in [3.63, 3.8) is 0 Å². The number of carbonyl (C=O) groups excluding carboxylic acids is 1. The average molecular weight is 263 g/mol. The van der Waals surface area contributed by atoms with Crippen LogP contribution in [0.1, 0.15) is 23.2 Å². The van der Waals surface area contributed by atoms with Gasteiger partial charge in [0.1, 0.15) is 6.04 Å². The van der Waals surface area contributed by atoms with Crippen molar-refractivity contribution in [3.05, 3.63) is 23.8 Å². The molecule has 1 saturated heterocycles. The second-order valence-electron chi connectivity index (χ2n) is 4.54. The largest absolute Gasteiger partial charge is 0.478 e. The third-order valence-electron chi connectivity index (χ3n) is 3.40. The molecule has 4 N–H and O–H groups in total. The van der Waals surface area contributed by atoms with E-state index in [1.807, 2.05) is 4.90 Å². The lowest BCUT2D eigenvalue weighted by atomic mass is 10.1. The van der Waals surface area contributed by atoms with Crippen molar-refractivity contribution in [1.82, 2.24) is 5.32 Å². The molecule has 6 heteroatoms. The monoisotopic (exact) mass is 263 g/mol. The van der Waals surface area contributed by atoms with Gasteiger partial charge < -0.3 is 21.1 Å². The highest BCUT2D eigenvalue weighted by atomic mass is 16.4. The van der Waals surface area contributed by atoms with E-state index in [-0.39, 0.29) is 23.2 Å². The molecule has 1 fully saturated rings. The Hall–Kier alpha value is -2.24. The summed E-state index contributed by atoms with van der Waals surface area (Å²) in [4.78, 5) is 24.8. The smallest absolute Gasteiger partial charge is 0.337 e. The van der Waals surface area contributed by atoms with Gasteiger partial charge in [-0.3, -0.25) is 4.79 Å². The summed E-state index contributed by atoms with van der Waals surface area (Å²) in [5.41, 5.74) is 6.65. The van der Waals surface area contributed by atoms with Crippen LogP contribution in [0.4, 0.5) is 11.4 Å². The van der Waals surface area contributed by atoms with Gasteiger partial charge in [-0.15, -0.1) is 0 Å². The molecule has 0 saturated carbocycles. The Labute approximate surface area is 111 Å². The van der Waals surface area contributed by atoms with Crippen LogP contribution in [0.25, 0.3) is 0 Å². The number of nitrogen functional groups attached to an aromatic ring is 1. The van der Waals surface area contributed by atoms with Crippen molar-refractivity contribution in [1.29, 1.82) is 0 Å². The van der Waals surface area contributed by atoms with Crippen LogP contribution in [0.15, 0.2) is 18.2 Å². The number of nitrogens with zero attached hydrogens (tertiary/aromatic N) is 1. The van der Waals surface area contributed by atoms with Crippen molar-refractivity contribution in [3.8, 4) is 0 Å². The fourth-order valence-corrected chi connectivity index (χ4v) is 2.42. The van der Waals surface area contributed by atoms with Gasteiger partial charge in [-0.1, -0.05) is 0 Å². The molecular formula is C13H17N3O3. The van der Waals surface area contributed by atoms with E-state index in [1.165, 1.54) is 6.07 Å². The zero-order chi connectivity index (χ0) is 14.0. The minimum atomic E-state index is -1.06. The molecule has 102 valence electrons. The molecule has 1 aromatic rings. The number of rotatable bonds is 3. The maximum atomic E-state index is 11.8. The summed E-state index contributed by atoms with van der Waals surface area (Å²) >= 11 is 0. The molecule has 0 aromatic heterocycles. The van der Waals surface area contributed by atoms with Crippen molar-refractivity contribution in [2.45, 2.75) is 18.9 Å². The maximum Gasteiger partial charge on any atom is 0.337 e. The summed E-state index contributed by atoms with van der Waals surface area (Å²) in [7, 11) is 1.60. The second-order valence-corrected chi connectivity index (χ2v) is 4.54. The molecule has 0 bridgehead atoms. The number of nitrogens with two attached hydrogens (primary N) is 1. The van der Waals surface area contributed by atoms with E-state index >= 15 is 0 Å². The number of nitrogens with one attached hydrogen (secondary N) is 1. The lowest BCUT2D eigenvalue weighted by molar-refractivity contribution is -0.121. The summed E-state index contributed by atoms with van der Waals surface area (Å²) in [5.74, 6) is -1.11. The molecule has 0 spiro atoms. The van der Waals surface area contributed by atoms with Crippen LogP contribution in [0, 0.1) is 0 Å². The zero-order valence-electron chi connectivity index (χ0n) is 10.7. The molecular weight excluding hydrogens is 246 g/mol. The van der Waals surface area contributed by atoms with Crippen molar-refractivity contribution in [2.24, 2.45) is 0 Å². The van der Waals surface area contributed by atoms with E-state index in [2.05, 4.69) is 5.32 Å². The lowest BCUT2D eigenvalue weighted by Crippen LogP contribution is -2.42. The first-order valence-corrected chi connectivity index (χ1v) is 6.15. The maximum absolute atomic E-state index is 11.8. The van der Waals surface area contributed by atoms with Gasteiger partial charge in [0.2, 0.25) is 5.91 Å². The molecule has 0 aliphatic carbocycles. The molecule has 1 unspecified atom stereocenters. The first kappa shape index (κ1) is 13.2. The van der Waals surface area contributed by atoms with Crippen LogP contribution >= 0.6 is 0 Å². The Morgan fingerprint density at radius 2 is 2.21 bits per heavy atom. The Kier molecular flexibility index (Phi) is 3.59. The van der Waals surface area contributed by atoms with Crippen LogP contribution in [-0.4, -0.2) is 36.6 Å². The Morgan fingerprint density at radius 1 is 1.47 bits per heavy atom. The summed E-state index contributed by atoms with van der Waals surface area (Å²) in [6, 6.07) is 4.61. The van der Waals surface area contributed by atoms with Crippen LogP contribution in [-0.2, 0) is 4.79 Å². The molecule has 1 aliphatic heterocycles. The minimum Gasteiger partial charge on any atom is -0.478 e. The number of carboxylic acid groups (broad SMARTS) is 1. The summed E-state index contributed by atoms with van der Waals surface area (Å²) < 4.78 is 0. The standard InChI is InChI=1S/C13H17N3O3/c1-15-12(17)11-3-2-6-16(11)8-4-5-10(14)9(7-8)13(18)19/h4-5,7,11H,2-3,6,14H2,1H3,(H,15,17)(H,18,19). The molecule has 0 radical (unpaired) electrons. The number of carboxylic acids is 1. The average Bonchev–Trinajstić information content (AvgIpc) is 2.87. The first-order valence-electron chi connectivity index (χ1n) is 6.15. The van der Waals surface area contributed by atoms with Crippen LogP contribution in [0.2, 0.25) is 0 Å². The number of benzene rings is 1. The highest BCUT2D eigenvalue weighted by Crippen LogP contribution is 2.28. The highest BCUT2D eigenvalue weighted by Gasteiger charge is 2.30. The molecule has 2 rings (SSSR count). The lowest BCUT2D eigenvalue weighted by Gasteiger charge is -2.25.